The third-order valence-corrected chi connectivity index (χ3v) is 5.70. The molecule has 0 bridgehead atoms. The summed E-state index contributed by atoms with van der Waals surface area (Å²) in [5.41, 5.74) is 7.95. The van der Waals surface area contributed by atoms with E-state index < -0.39 is 0 Å². The van der Waals surface area contributed by atoms with E-state index in [2.05, 4.69) is 72.0 Å². The normalized spacial score (nSPS) is 15.3. The summed E-state index contributed by atoms with van der Waals surface area (Å²) in [6.45, 7) is 6.78. The summed E-state index contributed by atoms with van der Waals surface area (Å²) in [5.74, 6) is 0.971. The van der Waals surface area contributed by atoms with E-state index in [9.17, 15) is 0 Å². The fourth-order valence-corrected chi connectivity index (χ4v) is 4.61. The molecule has 1 aliphatic carbocycles. The zero-order chi connectivity index (χ0) is 16.4. The van der Waals surface area contributed by atoms with E-state index in [1.165, 1.54) is 38.9 Å². The molecule has 23 heavy (non-hydrogen) atoms. The van der Waals surface area contributed by atoms with Gasteiger partial charge in [-0.1, -0.05) is 41.9 Å². The molecule has 1 heterocycles. The predicted molar refractivity (Wildman–Crippen MR) is 98.7 cm³/mol. The molecule has 3 aromatic rings. The summed E-state index contributed by atoms with van der Waals surface area (Å²) >= 11 is 3.58. The maximum absolute atomic E-state index is 5.55. The standard InChI is InChI=1S/C20H20BrNO/c1-11-17(23-4)8-5-12-9-15-14-7-6-13(21)10-16(14)22-19(15)20(2,3)18(11)12/h5-8,10,22H,9H2,1-4H3. The molecule has 2 aromatic carbocycles. The van der Waals surface area contributed by atoms with Gasteiger partial charge in [-0.15, -0.1) is 0 Å². The van der Waals surface area contributed by atoms with E-state index in [1.54, 1.807) is 7.11 Å². The largest absolute Gasteiger partial charge is 0.496 e. The predicted octanol–water partition coefficient (Wildman–Crippen LogP) is 5.48. The van der Waals surface area contributed by atoms with Gasteiger partial charge in [0, 0.05) is 32.9 Å². The number of fused-ring (bicyclic) bond motifs is 4. The van der Waals surface area contributed by atoms with Crippen molar-refractivity contribution in [3.8, 4) is 5.75 Å². The molecule has 0 atom stereocenters. The van der Waals surface area contributed by atoms with Crippen molar-refractivity contribution in [1.29, 1.82) is 0 Å². The molecule has 0 radical (unpaired) electrons. The SMILES string of the molecule is COc1ccc2c(c1C)C(C)(C)c1[nH]c3cc(Br)ccc3c1C2. The van der Waals surface area contributed by atoms with Gasteiger partial charge in [-0.2, -0.15) is 0 Å². The molecule has 0 spiro atoms. The number of H-pyrrole nitrogens is 1. The van der Waals surface area contributed by atoms with E-state index in [1.807, 2.05) is 0 Å². The average Bonchev–Trinajstić information content (AvgIpc) is 2.86. The number of nitrogens with one attached hydrogen (secondary N) is 1. The van der Waals surface area contributed by atoms with Crippen molar-refractivity contribution in [3.05, 3.63) is 62.8 Å². The Hall–Kier alpha value is -1.74. The molecule has 0 aliphatic heterocycles. The molecule has 0 unspecified atom stereocenters. The van der Waals surface area contributed by atoms with E-state index in [4.69, 9.17) is 4.74 Å². The molecule has 4 rings (SSSR count). The first-order chi connectivity index (χ1) is 10.9. The number of aromatic nitrogens is 1. The van der Waals surface area contributed by atoms with Gasteiger partial charge in [0.1, 0.15) is 5.75 Å². The van der Waals surface area contributed by atoms with Crippen LogP contribution in [0.15, 0.2) is 34.8 Å². The minimum absolute atomic E-state index is 0.0625. The highest BCUT2D eigenvalue weighted by Gasteiger charge is 2.36. The molecule has 0 saturated heterocycles. The Morgan fingerprint density at radius 2 is 1.96 bits per heavy atom. The Balaban J connectivity index is 2.03. The van der Waals surface area contributed by atoms with Gasteiger partial charge in [-0.3, -0.25) is 0 Å². The van der Waals surface area contributed by atoms with Crippen molar-refractivity contribution in [1.82, 2.24) is 4.98 Å². The van der Waals surface area contributed by atoms with E-state index in [0.717, 1.165) is 16.6 Å². The average molecular weight is 370 g/mol. The molecule has 0 amide bonds. The van der Waals surface area contributed by atoms with Crippen LogP contribution in [0.3, 0.4) is 0 Å². The first kappa shape index (κ1) is 14.8. The number of hydrogen-bond donors (Lipinski definition) is 1. The molecular weight excluding hydrogens is 350 g/mol. The summed E-state index contributed by atoms with van der Waals surface area (Å²) in [7, 11) is 1.75. The van der Waals surface area contributed by atoms with Crippen molar-refractivity contribution in [2.24, 2.45) is 0 Å². The lowest BCUT2D eigenvalue weighted by Crippen LogP contribution is -2.28. The number of rotatable bonds is 1. The lowest BCUT2D eigenvalue weighted by atomic mass is 9.70. The van der Waals surface area contributed by atoms with Crippen LogP contribution in [0.4, 0.5) is 0 Å². The van der Waals surface area contributed by atoms with Gasteiger partial charge >= 0.3 is 0 Å². The number of halogens is 1. The summed E-state index contributed by atoms with van der Waals surface area (Å²) in [4.78, 5) is 3.68. The Kier molecular flexibility index (Phi) is 3.14. The lowest BCUT2D eigenvalue weighted by Gasteiger charge is -2.35. The quantitative estimate of drug-likeness (QED) is 0.603. The first-order valence-corrected chi connectivity index (χ1v) is 8.70. The highest BCUT2D eigenvalue weighted by atomic mass is 79.9. The van der Waals surface area contributed by atoms with E-state index in [-0.39, 0.29) is 5.41 Å². The number of hydrogen-bond acceptors (Lipinski definition) is 1. The van der Waals surface area contributed by atoms with Crippen LogP contribution in [-0.4, -0.2) is 12.1 Å². The number of aromatic amines is 1. The number of benzene rings is 2. The molecule has 1 N–H and O–H groups in total. The molecule has 0 saturated carbocycles. The molecule has 2 nitrogen and oxygen atoms in total. The zero-order valence-corrected chi connectivity index (χ0v) is 15.5. The van der Waals surface area contributed by atoms with Crippen LogP contribution in [0.5, 0.6) is 5.75 Å². The second-order valence-electron chi connectivity index (χ2n) is 6.90. The van der Waals surface area contributed by atoms with Crippen LogP contribution in [0.25, 0.3) is 10.9 Å². The van der Waals surface area contributed by atoms with Crippen molar-refractivity contribution < 1.29 is 4.74 Å². The smallest absolute Gasteiger partial charge is 0.122 e. The summed E-state index contributed by atoms with van der Waals surface area (Å²) in [5, 5.41) is 1.33. The third-order valence-electron chi connectivity index (χ3n) is 5.21. The minimum Gasteiger partial charge on any atom is -0.496 e. The van der Waals surface area contributed by atoms with Gasteiger partial charge < -0.3 is 9.72 Å². The van der Waals surface area contributed by atoms with Gasteiger partial charge in [-0.25, -0.2) is 0 Å². The fourth-order valence-electron chi connectivity index (χ4n) is 4.25. The Bertz CT molecular complexity index is 936. The van der Waals surface area contributed by atoms with E-state index >= 15 is 0 Å². The number of ether oxygens (including phenoxy) is 1. The molecule has 3 heteroatoms. The third kappa shape index (κ3) is 1.99. The molecular formula is C20H20BrNO. The summed E-state index contributed by atoms with van der Waals surface area (Å²) in [6, 6.07) is 10.8. The topological polar surface area (TPSA) is 25.0 Å². The van der Waals surface area contributed by atoms with Gasteiger partial charge in [0.15, 0.2) is 0 Å². The molecule has 0 fully saturated rings. The lowest BCUT2D eigenvalue weighted by molar-refractivity contribution is 0.409. The van der Waals surface area contributed by atoms with Crippen LogP contribution in [0, 0.1) is 6.92 Å². The van der Waals surface area contributed by atoms with Gasteiger partial charge in [0.25, 0.3) is 0 Å². The first-order valence-electron chi connectivity index (χ1n) is 7.91. The van der Waals surface area contributed by atoms with Gasteiger partial charge in [-0.05, 0) is 47.4 Å². The number of methoxy groups -OCH3 is 1. The highest BCUT2D eigenvalue weighted by Crippen LogP contribution is 2.46. The van der Waals surface area contributed by atoms with Crippen LogP contribution in [-0.2, 0) is 11.8 Å². The molecule has 1 aromatic heterocycles. The Morgan fingerprint density at radius 3 is 2.70 bits per heavy atom. The van der Waals surface area contributed by atoms with Crippen molar-refractivity contribution in [2.45, 2.75) is 32.6 Å². The van der Waals surface area contributed by atoms with Gasteiger partial charge in [0.2, 0.25) is 0 Å². The van der Waals surface area contributed by atoms with Crippen LogP contribution >= 0.6 is 15.9 Å². The maximum atomic E-state index is 5.55. The zero-order valence-electron chi connectivity index (χ0n) is 13.9. The Labute approximate surface area is 145 Å². The monoisotopic (exact) mass is 369 g/mol. The summed E-state index contributed by atoms with van der Waals surface area (Å²) in [6.07, 6.45) is 0.973. The highest BCUT2D eigenvalue weighted by molar-refractivity contribution is 9.10. The van der Waals surface area contributed by atoms with Crippen LogP contribution in [0.1, 0.15) is 41.8 Å². The van der Waals surface area contributed by atoms with Crippen molar-refractivity contribution >= 4 is 26.8 Å². The second kappa shape index (κ2) is 4.88. The van der Waals surface area contributed by atoms with E-state index in [0.29, 0.717) is 0 Å². The van der Waals surface area contributed by atoms with Crippen molar-refractivity contribution in [2.75, 3.05) is 7.11 Å². The van der Waals surface area contributed by atoms with Crippen LogP contribution in [0.2, 0.25) is 0 Å². The Morgan fingerprint density at radius 1 is 1.17 bits per heavy atom. The minimum atomic E-state index is -0.0625. The second-order valence-corrected chi connectivity index (χ2v) is 7.81. The maximum Gasteiger partial charge on any atom is 0.122 e. The fraction of sp³-hybridized carbons (Fsp3) is 0.300. The molecule has 118 valence electrons. The molecule has 1 aliphatic rings. The summed E-state index contributed by atoms with van der Waals surface area (Å²) < 4.78 is 6.66. The van der Waals surface area contributed by atoms with Crippen molar-refractivity contribution in [3.63, 3.8) is 0 Å². The van der Waals surface area contributed by atoms with Crippen LogP contribution < -0.4 is 4.74 Å². The van der Waals surface area contributed by atoms with Gasteiger partial charge in [0.05, 0.1) is 7.11 Å².